The molecule has 1 atom stereocenters. The number of hydrogen-bond donors (Lipinski definition) is 1. The zero-order valence-corrected chi connectivity index (χ0v) is 17.1. The van der Waals surface area contributed by atoms with Crippen LogP contribution in [-0.4, -0.2) is 68.1 Å². The van der Waals surface area contributed by atoms with Crippen LogP contribution in [0.3, 0.4) is 0 Å². The molecular weight excluding hydrogens is 380 g/mol. The molecule has 1 saturated heterocycles. The maximum absolute atomic E-state index is 13.6. The monoisotopic (exact) mass is 406 g/mol. The summed E-state index contributed by atoms with van der Waals surface area (Å²) >= 11 is 0. The SMILES string of the molecule is CN1C(=O)C2(Nc3ccccc3C(=O)N2CCCN2CCOCC2)c2ccccc21. The van der Waals surface area contributed by atoms with E-state index in [1.165, 1.54) is 0 Å². The average molecular weight is 406 g/mol. The summed E-state index contributed by atoms with van der Waals surface area (Å²) in [6.07, 6.45) is 0.788. The Morgan fingerprint density at radius 2 is 1.73 bits per heavy atom. The maximum Gasteiger partial charge on any atom is 0.278 e. The van der Waals surface area contributed by atoms with Gasteiger partial charge < -0.3 is 19.9 Å². The highest BCUT2D eigenvalue weighted by atomic mass is 16.5. The van der Waals surface area contributed by atoms with Gasteiger partial charge in [0.25, 0.3) is 11.8 Å². The van der Waals surface area contributed by atoms with E-state index in [1.807, 2.05) is 48.5 Å². The van der Waals surface area contributed by atoms with Gasteiger partial charge in [0.1, 0.15) is 0 Å². The van der Waals surface area contributed by atoms with Crippen molar-refractivity contribution in [2.75, 3.05) is 56.7 Å². The van der Waals surface area contributed by atoms with Crippen LogP contribution in [0.2, 0.25) is 0 Å². The van der Waals surface area contributed by atoms with Crippen molar-refractivity contribution in [2.45, 2.75) is 12.1 Å². The minimum atomic E-state index is -1.21. The lowest BCUT2D eigenvalue weighted by Gasteiger charge is -2.45. The van der Waals surface area contributed by atoms with Crippen LogP contribution in [0.4, 0.5) is 11.4 Å². The quantitative estimate of drug-likeness (QED) is 0.843. The molecule has 3 aliphatic heterocycles. The molecule has 2 amide bonds. The Balaban J connectivity index is 1.52. The van der Waals surface area contributed by atoms with Crippen molar-refractivity contribution >= 4 is 23.2 Å². The van der Waals surface area contributed by atoms with Crippen LogP contribution in [0.15, 0.2) is 48.5 Å². The Kier molecular flexibility index (Phi) is 4.72. The molecule has 2 aromatic carbocycles. The van der Waals surface area contributed by atoms with Crippen LogP contribution < -0.4 is 10.2 Å². The first-order valence-electron chi connectivity index (χ1n) is 10.5. The fraction of sp³-hybridized carbons (Fsp3) is 0.391. The third-order valence-electron chi connectivity index (χ3n) is 6.35. The number of nitrogens with one attached hydrogen (secondary N) is 1. The van der Waals surface area contributed by atoms with Crippen LogP contribution in [0, 0.1) is 0 Å². The highest BCUT2D eigenvalue weighted by molar-refractivity contribution is 6.15. The van der Waals surface area contributed by atoms with Gasteiger partial charge in [-0.1, -0.05) is 30.3 Å². The number of fused-ring (bicyclic) bond motifs is 3. The standard InChI is InChI=1S/C23H26N4O3/c1-25-20-10-5-3-8-18(20)23(22(25)29)24-19-9-4-2-7-17(19)21(28)27(23)12-6-11-26-13-15-30-16-14-26/h2-5,7-10,24H,6,11-16H2,1H3. The fourth-order valence-corrected chi connectivity index (χ4v) is 4.81. The molecule has 7 nitrogen and oxygen atoms in total. The Labute approximate surface area is 176 Å². The van der Waals surface area contributed by atoms with Crippen molar-refractivity contribution in [3.05, 3.63) is 59.7 Å². The third kappa shape index (κ3) is 2.80. The molecule has 30 heavy (non-hydrogen) atoms. The molecule has 0 saturated carbocycles. The Hall–Kier alpha value is -2.90. The van der Waals surface area contributed by atoms with Crippen molar-refractivity contribution < 1.29 is 14.3 Å². The molecule has 0 bridgehead atoms. The van der Waals surface area contributed by atoms with Gasteiger partial charge in [-0.05, 0) is 24.6 Å². The molecule has 156 valence electrons. The van der Waals surface area contributed by atoms with Crippen molar-refractivity contribution in [1.29, 1.82) is 0 Å². The number of nitrogens with zero attached hydrogens (tertiary/aromatic N) is 3. The molecular formula is C23H26N4O3. The molecule has 0 aromatic heterocycles. The lowest BCUT2D eigenvalue weighted by molar-refractivity contribution is -0.127. The van der Waals surface area contributed by atoms with Gasteiger partial charge >= 0.3 is 0 Å². The fourth-order valence-electron chi connectivity index (χ4n) is 4.81. The average Bonchev–Trinajstić information content (AvgIpc) is 2.99. The zero-order valence-electron chi connectivity index (χ0n) is 17.1. The lowest BCUT2D eigenvalue weighted by Crippen LogP contribution is -2.62. The second-order valence-electron chi connectivity index (χ2n) is 8.03. The van der Waals surface area contributed by atoms with Crippen LogP contribution >= 0.6 is 0 Å². The number of benzene rings is 2. The number of para-hydroxylation sites is 2. The first-order valence-corrected chi connectivity index (χ1v) is 10.5. The molecule has 7 heteroatoms. The molecule has 3 heterocycles. The predicted molar refractivity (Wildman–Crippen MR) is 115 cm³/mol. The van der Waals surface area contributed by atoms with Crippen molar-refractivity contribution in [3.63, 3.8) is 0 Å². The summed E-state index contributed by atoms with van der Waals surface area (Å²) in [5, 5.41) is 3.46. The molecule has 1 spiro atoms. The number of morpholine rings is 1. The second kappa shape index (κ2) is 7.41. The van der Waals surface area contributed by atoms with Gasteiger partial charge in [0.15, 0.2) is 0 Å². The topological polar surface area (TPSA) is 65.1 Å². The summed E-state index contributed by atoms with van der Waals surface area (Å²) in [6, 6.07) is 15.2. The van der Waals surface area contributed by atoms with Gasteiger partial charge in [-0.15, -0.1) is 0 Å². The van der Waals surface area contributed by atoms with E-state index in [0.717, 1.165) is 50.5 Å². The Morgan fingerprint density at radius 3 is 2.57 bits per heavy atom. The largest absolute Gasteiger partial charge is 0.379 e. The van der Waals surface area contributed by atoms with Crippen molar-refractivity contribution in [3.8, 4) is 0 Å². The van der Waals surface area contributed by atoms with Crippen LogP contribution in [0.25, 0.3) is 0 Å². The summed E-state index contributed by atoms with van der Waals surface area (Å²) in [5.41, 5.74) is 1.76. The number of anilines is 2. The van der Waals surface area contributed by atoms with Crippen LogP contribution in [0.1, 0.15) is 22.3 Å². The first kappa shape index (κ1) is 19.1. The summed E-state index contributed by atoms with van der Waals surface area (Å²) in [4.78, 5) is 33.0. The lowest BCUT2D eigenvalue weighted by atomic mass is 9.92. The predicted octanol–water partition coefficient (Wildman–Crippen LogP) is 2.11. The van der Waals surface area contributed by atoms with E-state index in [4.69, 9.17) is 4.74 Å². The molecule has 1 unspecified atom stereocenters. The summed E-state index contributed by atoms with van der Waals surface area (Å²) in [7, 11) is 1.77. The summed E-state index contributed by atoms with van der Waals surface area (Å²) in [6.45, 7) is 4.67. The smallest absolute Gasteiger partial charge is 0.278 e. The van der Waals surface area contributed by atoms with Crippen LogP contribution in [-0.2, 0) is 15.2 Å². The minimum absolute atomic E-state index is 0.107. The number of hydrogen-bond acceptors (Lipinski definition) is 5. The molecule has 0 aliphatic carbocycles. The highest BCUT2D eigenvalue weighted by Gasteiger charge is 2.58. The van der Waals surface area contributed by atoms with E-state index < -0.39 is 5.66 Å². The third-order valence-corrected chi connectivity index (χ3v) is 6.35. The molecule has 5 rings (SSSR count). The van der Waals surface area contributed by atoms with Gasteiger partial charge in [-0.3, -0.25) is 14.5 Å². The molecule has 2 aromatic rings. The Bertz CT molecular complexity index is 988. The number of carbonyl (C=O) groups is 2. The second-order valence-corrected chi connectivity index (χ2v) is 8.03. The normalized spacial score (nSPS) is 23.5. The van der Waals surface area contributed by atoms with Gasteiger partial charge in [-0.2, -0.15) is 0 Å². The Morgan fingerprint density at radius 1 is 1.00 bits per heavy atom. The van der Waals surface area contributed by atoms with E-state index in [9.17, 15) is 9.59 Å². The summed E-state index contributed by atoms with van der Waals surface area (Å²) < 4.78 is 5.43. The molecule has 1 fully saturated rings. The van der Waals surface area contributed by atoms with Gasteiger partial charge in [0, 0.05) is 44.5 Å². The minimum Gasteiger partial charge on any atom is -0.379 e. The van der Waals surface area contributed by atoms with E-state index in [-0.39, 0.29) is 11.8 Å². The van der Waals surface area contributed by atoms with Gasteiger partial charge in [-0.25, -0.2) is 0 Å². The number of carbonyl (C=O) groups excluding carboxylic acids is 2. The molecule has 0 radical (unpaired) electrons. The van der Waals surface area contributed by atoms with Crippen molar-refractivity contribution in [2.24, 2.45) is 0 Å². The van der Waals surface area contributed by atoms with Crippen molar-refractivity contribution in [1.82, 2.24) is 9.80 Å². The first-order chi connectivity index (χ1) is 14.6. The van der Waals surface area contributed by atoms with E-state index in [2.05, 4.69) is 10.2 Å². The van der Waals surface area contributed by atoms with E-state index in [1.54, 1.807) is 16.8 Å². The van der Waals surface area contributed by atoms with Gasteiger partial charge in [0.2, 0.25) is 5.66 Å². The van der Waals surface area contributed by atoms with E-state index in [0.29, 0.717) is 17.8 Å². The maximum atomic E-state index is 13.6. The highest BCUT2D eigenvalue weighted by Crippen LogP contribution is 2.47. The number of rotatable bonds is 4. The number of likely N-dealkylation sites (N-methyl/N-ethyl adjacent to an activating group) is 1. The number of amides is 2. The summed E-state index contributed by atoms with van der Waals surface area (Å²) in [5.74, 6) is -0.234. The molecule has 3 aliphatic rings. The van der Waals surface area contributed by atoms with Crippen LogP contribution in [0.5, 0.6) is 0 Å². The van der Waals surface area contributed by atoms with E-state index >= 15 is 0 Å². The number of ether oxygens (including phenoxy) is 1. The van der Waals surface area contributed by atoms with Gasteiger partial charge in [0.05, 0.1) is 24.5 Å². The molecule has 1 N–H and O–H groups in total. The zero-order chi connectivity index (χ0) is 20.7.